The quantitative estimate of drug-likeness (QED) is 0.713. The lowest BCUT2D eigenvalue weighted by Crippen LogP contribution is -2.12. The van der Waals surface area contributed by atoms with Crippen LogP contribution < -0.4 is 4.74 Å². The Hall–Kier alpha value is -0.980. The maximum Gasteiger partial charge on any atom is 0.122 e. The van der Waals surface area contributed by atoms with Crippen LogP contribution in [-0.4, -0.2) is 7.11 Å². The molecule has 1 aromatic rings. The van der Waals surface area contributed by atoms with Crippen LogP contribution in [0.25, 0.3) is 0 Å². The van der Waals surface area contributed by atoms with Gasteiger partial charge in [-0.05, 0) is 55.6 Å². The molecule has 1 heteroatoms. The normalized spacial score (nSPS) is 24.7. The number of fused-ring (bicyclic) bond motifs is 1. The van der Waals surface area contributed by atoms with E-state index in [9.17, 15) is 0 Å². The molecule has 2 aliphatic rings. The van der Waals surface area contributed by atoms with Crippen LogP contribution in [0.4, 0.5) is 0 Å². The first-order valence-electron chi connectivity index (χ1n) is 6.06. The van der Waals surface area contributed by atoms with Crippen LogP contribution in [-0.2, 0) is 6.42 Å². The van der Waals surface area contributed by atoms with E-state index in [1.54, 1.807) is 7.11 Å². The number of ether oxygens (including phenoxy) is 1. The first-order chi connectivity index (χ1) is 7.40. The van der Waals surface area contributed by atoms with Gasteiger partial charge >= 0.3 is 0 Å². The van der Waals surface area contributed by atoms with Gasteiger partial charge in [-0.15, -0.1) is 0 Å². The molecule has 1 aromatic carbocycles. The van der Waals surface area contributed by atoms with Gasteiger partial charge in [0.05, 0.1) is 7.11 Å². The highest BCUT2D eigenvalue weighted by Crippen LogP contribution is 2.50. The van der Waals surface area contributed by atoms with Gasteiger partial charge in [0.15, 0.2) is 0 Å². The zero-order valence-corrected chi connectivity index (χ0v) is 9.33. The average molecular weight is 202 g/mol. The van der Waals surface area contributed by atoms with E-state index in [4.69, 9.17) is 4.74 Å². The Kier molecular flexibility index (Phi) is 2.19. The summed E-state index contributed by atoms with van der Waals surface area (Å²) in [5, 5.41) is 0. The second kappa shape index (κ2) is 3.55. The molecule has 1 atom stereocenters. The van der Waals surface area contributed by atoms with Gasteiger partial charge in [-0.3, -0.25) is 0 Å². The van der Waals surface area contributed by atoms with Gasteiger partial charge < -0.3 is 4.74 Å². The minimum absolute atomic E-state index is 0.796. The monoisotopic (exact) mass is 202 g/mol. The zero-order valence-electron chi connectivity index (χ0n) is 9.33. The Morgan fingerprint density at radius 1 is 1.20 bits per heavy atom. The lowest BCUT2D eigenvalue weighted by Gasteiger charge is -2.27. The van der Waals surface area contributed by atoms with E-state index in [0.29, 0.717) is 0 Å². The van der Waals surface area contributed by atoms with Crippen LogP contribution in [0.5, 0.6) is 5.75 Å². The van der Waals surface area contributed by atoms with Crippen molar-refractivity contribution in [2.24, 2.45) is 5.92 Å². The minimum Gasteiger partial charge on any atom is -0.496 e. The van der Waals surface area contributed by atoms with Crippen molar-refractivity contribution in [3.63, 3.8) is 0 Å². The molecule has 0 spiro atoms. The van der Waals surface area contributed by atoms with Crippen molar-refractivity contribution in [3.8, 4) is 5.75 Å². The molecule has 0 bridgehead atoms. The average Bonchev–Trinajstić information content (AvgIpc) is 3.11. The number of hydrogen-bond acceptors (Lipinski definition) is 1. The highest BCUT2D eigenvalue weighted by atomic mass is 16.5. The van der Waals surface area contributed by atoms with E-state index < -0.39 is 0 Å². The van der Waals surface area contributed by atoms with Gasteiger partial charge in [-0.1, -0.05) is 12.1 Å². The molecule has 15 heavy (non-hydrogen) atoms. The van der Waals surface area contributed by atoms with E-state index in [1.165, 1.54) is 43.2 Å². The van der Waals surface area contributed by atoms with Crippen molar-refractivity contribution < 1.29 is 4.74 Å². The van der Waals surface area contributed by atoms with Crippen LogP contribution in [0.2, 0.25) is 0 Å². The largest absolute Gasteiger partial charge is 0.496 e. The van der Waals surface area contributed by atoms with Crippen molar-refractivity contribution in [1.29, 1.82) is 0 Å². The highest BCUT2D eigenvalue weighted by molar-refractivity contribution is 5.45. The number of aryl methyl sites for hydroxylation is 1. The van der Waals surface area contributed by atoms with E-state index in [2.05, 4.69) is 18.2 Å². The Balaban J connectivity index is 2.06. The molecule has 1 unspecified atom stereocenters. The predicted molar refractivity (Wildman–Crippen MR) is 61.4 cm³/mol. The van der Waals surface area contributed by atoms with Gasteiger partial charge in [0.25, 0.3) is 0 Å². The SMILES string of the molecule is COc1cccc2c1C(C1CC1)CCC2. The third-order valence-corrected chi connectivity index (χ3v) is 3.90. The minimum atomic E-state index is 0.796. The van der Waals surface area contributed by atoms with Gasteiger partial charge in [0.1, 0.15) is 5.75 Å². The molecular formula is C14H18O. The number of rotatable bonds is 2. The molecule has 1 saturated carbocycles. The van der Waals surface area contributed by atoms with Crippen LogP contribution in [0.3, 0.4) is 0 Å². The molecule has 0 saturated heterocycles. The maximum absolute atomic E-state index is 5.52. The summed E-state index contributed by atoms with van der Waals surface area (Å²) in [5.41, 5.74) is 3.08. The summed E-state index contributed by atoms with van der Waals surface area (Å²) in [6.45, 7) is 0. The molecule has 0 aliphatic heterocycles. The molecule has 0 aromatic heterocycles. The van der Waals surface area contributed by atoms with E-state index >= 15 is 0 Å². The molecule has 3 rings (SSSR count). The first kappa shape index (κ1) is 9.26. The molecule has 0 heterocycles. The van der Waals surface area contributed by atoms with Crippen molar-refractivity contribution in [3.05, 3.63) is 29.3 Å². The van der Waals surface area contributed by atoms with Crippen LogP contribution in [0.15, 0.2) is 18.2 Å². The Labute approximate surface area is 91.5 Å². The second-order valence-electron chi connectivity index (χ2n) is 4.87. The van der Waals surface area contributed by atoms with Crippen molar-refractivity contribution in [1.82, 2.24) is 0 Å². The molecule has 1 nitrogen and oxygen atoms in total. The van der Waals surface area contributed by atoms with Gasteiger partial charge in [-0.2, -0.15) is 0 Å². The zero-order chi connectivity index (χ0) is 10.3. The van der Waals surface area contributed by atoms with Crippen molar-refractivity contribution >= 4 is 0 Å². The fourth-order valence-corrected chi connectivity index (χ4v) is 3.03. The van der Waals surface area contributed by atoms with Crippen molar-refractivity contribution in [2.45, 2.75) is 38.0 Å². The Morgan fingerprint density at radius 2 is 2.07 bits per heavy atom. The van der Waals surface area contributed by atoms with Gasteiger partial charge in [0.2, 0.25) is 0 Å². The van der Waals surface area contributed by atoms with Crippen molar-refractivity contribution in [2.75, 3.05) is 7.11 Å². The summed E-state index contributed by atoms with van der Waals surface area (Å²) in [6, 6.07) is 6.54. The predicted octanol–water partition coefficient (Wildman–Crippen LogP) is 3.53. The summed E-state index contributed by atoms with van der Waals surface area (Å²) in [5.74, 6) is 2.88. The number of benzene rings is 1. The van der Waals surface area contributed by atoms with Gasteiger partial charge in [-0.25, -0.2) is 0 Å². The number of hydrogen-bond donors (Lipinski definition) is 0. The molecule has 0 amide bonds. The Bertz CT molecular complexity index is 351. The van der Waals surface area contributed by atoms with Gasteiger partial charge in [0, 0.05) is 5.56 Å². The topological polar surface area (TPSA) is 9.23 Å². The summed E-state index contributed by atoms with van der Waals surface area (Å²) >= 11 is 0. The fraction of sp³-hybridized carbons (Fsp3) is 0.571. The highest BCUT2D eigenvalue weighted by Gasteiger charge is 2.36. The summed E-state index contributed by atoms with van der Waals surface area (Å²) in [7, 11) is 1.80. The molecule has 80 valence electrons. The molecular weight excluding hydrogens is 184 g/mol. The van der Waals surface area contributed by atoms with Crippen LogP contribution >= 0.6 is 0 Å². The first-order valence-corrected chi connectivity index (χ1v) is 6.06. The van der Waals surface area contributed by atoms with Crippen LogP contribution in [0, 0.1) is 5.92 Å². The molecule has 0 radical (unpaired) electrons. The standard InChI is InChI=1S/C14H18O/c1-15-13-7-3-5-11-4-2-6-12(14(11)13)10-8-9-10/h3,5,7,10,12H,2,4,6,8-9H2,1H3. The summed E-state index contributed by atoms with van der Waals surface area (Å²) in [6.07, 6.45) is 6.85. The molecule has 2 aliphatic carbocycles. The Morgan fingerprint density at radius 3 is 2.80 bits per heavy atom. The van der Waals surface area contributed by atoms with Crippen LogP contribution in [0.1, 0.15) is 42.7 Å². The lowest BCUT2D eigenvalue weighted by atomic mass is 9.79. The molecule has 1 fully saturated rings. The second-order valence-corrected chi connectivity index (χ2v) is 4.87. The maximum atomic E-state index is 5.52. The summed E-state index contributed by atoms with van der Waals surface area (Å²) < 4.78 is 5.52. The van der Waals surface area contributed by atoms with E-state index in [1.807, 2.05) is 0 Å². The lowest BCUT2D eigenvalue weighted by molar-refractivity contribution is 0.391. The third kappa shape index (κ3) is 1.54. The third-order valence-electron chi connectivity index (χ3n) is 3.90. The summed E-state index contributed by atoms with van der Waals surface area (Å²) in [4.78, 5) is 0. The van der Waals surface area contributed by atoms with E-state index in [0.717, 1.165) is 17.6 Å². The number of methoxy groups -OCH3 is 1. The van der Waals surface area contributed by atoms with E-state index in [-0.39, 0.29) is 0 Å². The smallest absolute Gasteiger partial charge is 0.122 e. The molecule has 0 N–H and O–H groups in total. The fourth-order valence-electron chi connectivity index (χ4n) is 3.03.